The van der Waals surface area contributed by atoms with Crippen LogP contribution in [0.4, 0.5) is 5.69 Å². The van der Waals surface area contributed by atoms with Crippen LogP contribution in [0, 0.1) is 0 Å². The molecule has 69 valence electrons. The van der Waals surface area contributed by atoms with Crippen LogP contribution in [-0.2, 0) is 4.79 Å². The van der Waals surface area contributed by atoms with E-state index in [2.05, 4.69) is 5.32 Å². The third kappa shape index (κ3) is 2.78. The minimum absolute atomic E-state index is 0.650. The van der Waals surface area contributed by atoms with Crippen molar-refractivity contribution in [3.63, 3.8) is 0 Å². The standard InChI is InChI=1S/C10H12NO2/c1-2-7-13-10-6-4-3-5-9(10)11-8-12/h3-6H,2,7H2,1H3,(H,11,12). The van der Waals surface area contributed by atoms with Gasteiger partial charge >= 0.3 is 6.41 Å². The number of anilines is 1. The fourth-order valence-electron chi connectivity index (χ4n) is 0.963. The highest BCUT2D eigenvalue weighted by atomic mass is 16.5. The van der Waals surface area contributed by atoms with Gasteiger partial charge in [0.2, 0.25) is 0 Å². The lowest BCUT2D eigenvalue weighted by Gasteiger charge is -2.08. The number of para-hydroxylation sites is 2. The van der Waals surface area contributed by atoms with Gasteiger partial charge in [0.05, 0.1) is 12.3 Å². The summed E-state index contributed by atoms with van der Waals surface area (Å²) in [6.07, 6.45) is 2.56. The zero-order chi connectivity index (χ0) is 9.52. The Morgan fingerprint density at radius 2 is 2.23 bits per heavy atom. The Kier molecular flexibility index (Phi) is 3.82. The summed E-state index contributed by atoms with van der Waals surface area (Å²) in [4.78, 5) is 10.1. The Hall–Kier alpha value is -1.51. The van der Waals surface area contributed by atoms with Crippen molar-refractivity contribution in [2.75, 3.05) is 11.9 Å². The van der Waals surface area contributed by atoms with E-state index < -0.39 is 0 Å². The first kappa shape index (κ1) is 9.58. The van der Waals surface area contributed by atoms with Crippen molar-refractivity contribution in [2.45, 2.75) is 13.3 Å². The largest absolute Gasteiger partial charge is 0.491 e. The fourth-order valence-corrected chi connectivity index (χ4v) is 0.963. The van der Waals surface area contributed by atoms with Crippen LogP contribution in [0.15, 0.2) is 24.3 Å². The highest BCUT2D eigenvalue weighted by Crippen LogP contribution is 2.22. The zero-order valence-corrected chi connectivity index (χ0v) is 7.54. The summed E-state index contributed by atoms with van der Waals surface area (Å²) in [5.41, 5.74) is 0.658. The first-order valence-electron chi connectivity index (χ1n) is 4.23. The monoisotopic (exact) mass is 178 g/mol. The van der Waals surface area contributed by atoms with Gasteiger partial charge in [-0.15, -0.1) is 0 Å². The third-order valence-corrected chi connectivity index (χ3v) is 1.53. The molecule has 3 heteroatoms. The first-order chi connectivity index (χ1) is 6.38. The van der Waals surface area contributed by atoms with E-state index in [0.29, 0.717) is 18.0 Å². The molecule has 0 heterocycles. The van der Waals surface area contributed by atoms with Gasteiger partial charge in [-0.3, -0.25) is 4.79 Å². The molecule has 0 aliphatic heterocycles. The maximum atomic E-state index is 10.1. The Labute approximate surface area is 77.7 Å². The lowest BCUT2D eigenvalue weighted by atomic mass is 10.3. The molecule has 0 aliphatic carbocycles. The second-order valence-electron chi connectivity index (χ2n) is 2.57. The zero-order valence-electron chi connectivity index (χ0n) is 7.54. The molecule has 1 N–H and O–H groups in total. The van der Waals surface area contributed by atoms with E-state index in [1.807, 2.05) is 25.1 Å². The Morgan fingerprint density at radius 1 is 1.46 bits per heavy atom. The molecule has 0 saturated carbocycles. The van der Waals surface area contributed by atoms with Crippen molar-refractivity contribution in [1.29, 1.82) is 0 Å². The van der Waals surface area contributed by atoms with Gasteiger partial charge in [0, 0.05) is 0 Å². The molecule has 0 saturated heterocycles. The van der Waals surface area contributed by atoms with Crippen molar-refractivity contribution in [1.82, 2.24) is 0 Å². The second-order valence-corrected chi connectivity index (χ2v) is 2.57. The molecule has 13 heavy (non-hydrogen) atoms. The number of hydrogen-bond donors (Lipinski definition) is 1. The van der Waals surface area contributed by atoms with Crippen molar-refractivity contribution >= 4 is 12.1 Å². The summed E-state index contributed by atoms with van der Waals surface area (Å²) in [6.45, 7) is 2.68. The predicted octanol–water partition coefficient (Wildman–Crippen LogP) is 1.95. The second kappa shape index (κ2) is 5.19. The maximum Gasteiger partial charge on any atom is 0.314 e. The van der Waals surface area contributed by atoms with E-state index in [0.717, 1.165) is 6.42 Å². The minimum atomic E-state index is 0.650. The summed E-state index contributed by atoms with van der Waals surface area (Å²) in [6, 6.07) is 7.28. The summed E-state index contributed by atoms with van der Waals surface area (Å²) in [5, 5.41) is 2.45. The molecule has 0 atom stereocenters. The number of rotatable bonds is 5. The first-order valence-corrected chi connectivity index (χ1v) is 4.23. The van der Waals surface area contributed by atoms with Crippen LogP contribution in [0.2, 0.25) is 0 Å². The van der Waals surface area contributed by atoms with E-state index in [1.54, 1.807) is 12.5 Å². The van der Waals surface area contributed by atoms with Crippen LogP contribution in [0.5, 0.6) is 5.75 Å². The molecule has 0 unspecified atom stereocenters. The molecule has 1 aromatic rings. The average molecular weight is 178 g/mol. The van der Waals surface area contributed by atoms with Crippen molar-refractivity contribution in [3.8, 4) is 5.75 Å². The van der Waals surface area contributed by atoms with Crippen LogP contribution in [0.1, 0.15) is 13.3 Å². The molecule has 1 amide bonds. The Bertz CT molecular complexity index is 273. The van der Waals surface area contributed by atoms with Crippen LogP contribution in [0.3, 0.4) is 0 Å². The molecule has 0 spiro atoms. The topological polar surface area (TPSA) is 38.3 Å². The molecule has 0 aliphatic rings. The predicted molar refractivity (Wildman–Crippen MR) is 51.5 cm³/mol. The number of carbonyl (C=O) groups excluding carboxylic acids is 1. The number of benzene rings is 1. The molecular weight excluding hydrogens is 166 g/mol. The Balaban J connectivity index is 2.71. The SMILES string of the molecule is CCCOc1ccccc1N[C]=O. The summed E-state index contributed by atoms with van der Waals surface area (Å²) in [7, 11) is 0. The quantitative estimate of drug-likeness (QED) is 0.700. The summed E-state index contributed by atoms with van der Waals surface area (Å²) >= 11 is 0. The minimum Gasteiger partial charge on any atom is -0.491 e. The van der Waals surface area contributed by atoms with E-state index >= 15 is 0 Å². The number of ether oxygens (including phenoxy) is 1. The highest BCUT2D eigenvalue weighted by Gasteiger charge is 2.00. The van der Waals surface area contributed by atoms with Gasteiger partial charge < -0.3 is 10.1 Å². The highest BCUT2D eigenvalue weighted by molar-refractivity contribution is 5.75. The molecule has 3 nitrogen and oxygen atoms in total. The third-order valence-electron chi connectivity index (χ3n) is 1.53. The smallest absolute Gasteiger partial charge is 0.314 e. The molecule has 1 radical (unpaired) electrons. The Morgan fingerprint density at radius 3 is 2.92 bits per heavy atom. The van der Waals surface area contributed by atoms with Crippen molar-refractivity contribution in [2.24, 2.45) is 0 Å². The van der Waals surface area contributed by atoms with Crippen LogP contribution in [-0.4, -0.2) is 13.0 Å². The van der Waals surface area contributed by atoms with Crippen LogP contribution in [0.25, 0.3) is 0 Å². The van der Waals surface area contributed by atoms with Gasteiger partial charge in [-0.1, -0.05) is 19.1 Å². The molecule has 0 fully saturated rings. The molecule has 0 bridgehead atoms. The van der Waals surface area contributed by atoms with E-state index in [1.165, 1.54) is 0 Å². The number of nitrogens with one attached hydrogen (secondary N) is 1. The molecule has 1 rings (SSSR count). The van der Waals surface area contributed by atoms with Crippen molar-refractivity contribution < 1.29 is 9.53 Å². The normalized spacial score (nSPS) is 9.31. The lowest BCUT2D eigenvalue weighted by Crippen LogP contribution is -2.00. The molecular formula is C10H12NO2. The van der Waals surface area contributed by atoms with Gasteiger partial charge in [-0.2, -0.15) is 0 Å². The summed E-state index contributed by atoms with van der Waals surface area (Å²) in [5.74, 6) is 0.688. The van der Waals surface area contributed by atoms with E-state index in [-0.39, 0.29) is 0 Å². The van der Waals surface area contributed by atoms with Crippen molar-refractivity contribution in [3.05, 3.63) is 24.3 Å². The van der Waals surface area contributed by atoms with Gasteiger partial charge in [0.25, 0.3) is 0 Å². The average Bonchev–Trinajstić information content (AvgIpc) is 2.17. The maximum absolute atomic E-state index is 10.1. The molecule has 1 aromatic carbocycles. The van der Waals surface area contributed by atoms with Crippen LogP contribution >= 0.6 is 0 Å². The van der Waals surface area contributed by atoms with Gasteiger partial charge in [-0.25, -0.2) is 0 Å². The van der Waals surface area contributed by atoms with Gasteiger partial charge in [0.1, 0.15) is 5.75 Å². The van der Waals surface area contributed by atoms with Gasteiger partial charge in [0.15, 0.2) is 0 Å². The van der Waals surface area contributed by atoms with Gasteiger partial charge in [-0.05, 0) is 18.6 Å². The molecule has 0 aromatic heterocycles. The summed E-state index contributed by atoms with van der Waals surface area (Å²) < 4.78 is 5.40. The number of hydrogen-bond acceptors (Lipinski definition) is 2. The van der Waals surface area contributed by atoms with E-state index in [4.69, 9.17) is 4.74 Å². The lowest BCUT2D eigenvalue weighted by molar-refractivity contribution is 0.319. The number of amides is 1. The van der Waals surface area contributed by atoms with E-state index in [9.17, 15) is 4.79 Å². The van der Waals surface area contributed by atoms with Crippen LogP contribution < -0.4 is 10.1 Å². The fraction of sp³-hybridized carbons (Fsp3) is 0.300.